The summed E-state index contributed by atoms with van der Waals surface area (Å²) in [4.78, 5) is 9.19. The number of β-amino-alcohol motifs (C(OH)–C–C–N with tert-alkyl or cyclic N) is 1. The van der Waals surface area contributed by atoms with Gasteiger partial charge in [0.15, 0.2) is 0 Å². The number of aliphatic hydroxyl groups excluding tert-OH is 2. The Kier molecular flexibility index (Phi) is 4.57. The van der Waals surface area contributed by atoms with Gasteiger partial charge in [-0.1, -0.05) is 18.2 Å². The maximum Gasteiger partial charge on any atom is 0.0897 e. The second kappa shape index (κ2) is 6.60. The standard InChI is InChI=1S/C17H23N3O2/c1-13-10-17(15-4-2-3-5-16(15)18-13)20-8-6-19(7-9-20)11-14(22)12-21/h2-5,10,14,21-22H,6-9,11-12H2,1H3. The van der Waals surface area contributed by atoms with E-state index in [2.05, 4.69) is 39.0 Å². The van der Waals surface area contributed by atoms with Crippen molar-refractivity contribution in [1.29, 1.82) is 0 Å². The van der Waals surface area contributed by atoms with Gasteiger partial charge in [-0.2, -0.15) is 0 Å². The van der Waals surface area contributed by atoms with Crippen molar-refractivity contribution in [3.8, 4) is 0 Å². The van der Waals surface area contributed by atoms with E-state index in [4.69, 9.17) is 5.11 Å². The van der Waals surface area contributed by atoms with Crippen molar-refractivity contribution in [1.82, 2.24) is 9.88 Å². The summed E-state index contributed by atoms with van der Waals surface area (Å²) in [6.07, 6.45) is -0.643. The van der Waals surface area contributed by atoms with Crippen LogP contribution in [0.25, 0.3) is 10.9 Å². The first-order valence-electron chi connectivity index (χ1n) is 7.80. The van der Waals surface area contributed by atoms with Crippen LogP contribution in [0, 0.1) is 6.92 Å². The van der Waals surface area contributed by atoms with Crippen LogP contribution >= 0.6 is 0 Å². The number of para-hydroxylation sites is 1. The van der Waals surface area contributed by atoms with Crippen LogP contribution in [0.2, 0.25) is 0 Å². The fourth-order valence-electron chi connectivity index (χ4n) is 3.07. The predicted molar refractivity (Wildman–Crippen MR) is 88.2 cm³/mol. The number of piperazine rings is 1. The Morgan fingerprint density at radius 1 is 1.18 bits per heavy atom. The zero-order valence-electron chi connectivity index (χ0n) is 12.9. The van der Waals surface area contributed by atoms with Crippen LogP contribution < -0.4 is 4.90 Å². The molecule has 2 aromatic rings. The summed E-state index contributed by atoms with van der Waals surface area (Å²) in [5.41, 5.74) is 3.31. The van der Waals surface area contributed by atoms with Crippen LogP contribution in [0.4, 0.5) is 5.69 Å². The minimum absolute atomic E-state index is 0.172. The third-order valence-corrected chi connectivity index (χ3v) is 4.22. The van der Waals surface area contributed by atoms with E-state index in [0.29, 0.717) is 6.54 Å². The molecule has 3 rings (SSSR count). The van der Waals surface area contributed by atoms with Crippen LogP contribution in [0.5, 0.6) is 0 Å². The van der Waals surface area contributed by atoms with Gasteiger partial charge in [0.2, 0.25) is 0 Å². The molecule has 2 heterocycles. The Labute approximate surface area is 130 Å². The lowest BCUT2D eigenvalue weighted by Gasteiger charge is -2.37. The molecule has 1 aromatic carbocycles. The van der Waals surface area contributed by atoms with Gasteiger partial charge in [-0.05, 0) is 19.1 Å². The van der Waals surface area contributed by atoms with Gasteiger partial charge in [0.1, 0.15) is 0 Å². The fraction of sp³-hybridized carbons (Fsp3) is 0.471. The lowest BCUT2D eigenvalue weighted by atomic mass is 10.1. The summed E-state index contributed by atoms with van der Waals surface area (Å²) in [6.45, 7) is 6.04. The molecule has 0 aliphatic carbocycles. The van der Waals surface area contributed by atoms with Crippen LogP contribution in [0.3, 0.4) is 0 Å². The number of benzene rings is 1. The Morgan fingerprint density at radius 3 is 2.64 bits per heavy atom. The number of aliphatic hydroxyl groups is 2. The first kappa shape index (κ1) is 15.2. The Bertz CT molecular complexity index is 639. The number of aromatic nitrogens is 1. The number of aryl methyl sites for hydroxylation is 1. The number of hydrogen-bond donors (Lipinski definition) is 2. The topological polar surface area (TPSA) is 59.8 Å². The van der Waals surface area contributed by atoms with Crippen LogP contribution in [-0.2, 0) is 0 Å². The van der Waals surface area contributed by atoms with Crippen molar-refractivity contribution in [3.05, 3.63) is 36.0 Å². The quantitative estimate of drug-likeness (QED) is 0.883. The zero-order valence-corrected chi connectivity index (χ0v) is 12.9. The molecule has 118 valence electrons. The van der Waals surface area contributed by atoms with E-state index in [1.807, 2.05) is 13.0 Å². The molecule has 0 saturated carbocycles. The third kappa shape index (κ3) is 3.21. The number of nitrogens with zero attached hydrogens (tertiary/aromatic N) is 3. The Morgan fingerprint density at radius 2 is 1.91 bits per heavy atom. The highest BCUT2D eigenvalue weighted by atomic mass is 16.3. The third-order valence-electron chi connectivity index (χ3n) is 4.22. The summed E-state index contributed by atoms with van der Waals surface area (Å²) in [7, 11) is 0. The van der Waals surface area contributed by atoms with E-state index in [9.17, 15) is 5.11 Å². The van der Waals surface area contributed by atoms with E-state index < -0.39 is 6.10 Å². The van der Waals surface area contributed by atoms with Gasteiger partial charge in [-0.15, -0.1) is 0 Å². The van der Waals surface area contributed by atoms with E-state index in [0.717, 1.165) is 37.4 Å². The summed E-state index contributed by atoms with van der Waals surface area (Å²) in [5.74, 6) is 0. The number of fused-ring (bicyclic) bond motifs is 1. The molecular weight excluding hydrogens is 278 g/mol. The van der Waals surface area contributed by atoms with Crippen molar-refractivity contribution in [2.24, 2.45) is 0 Å². The first-order chi connectivity index (χ1) is 10.7. The molecule has 1 fully saturated rings. The summed E-state index contributed by atoms with van der Waals surface area (Å²) in [5, 5.41) is 19.7. The first-order valence-corrected chi connectivity index (χ1v) is 7.80. The molecule has 5 heteroatoms. The molecule has 0 spiro atoms. The maximum absolute atomic E-state index is 9.56. The molecule has 0 amide bonds. The summed E-state index contributed by atoms with van der Waals surface area (Å²) in [6, 6.07) is 10.4. The zero-order chi connectivity index (χ0) is 15.5. The van der Waals surface area contributed by atoms with Gasteiger partial charge < -0.3 is 15.1 Å². The van der Waals surface area contributed by atoms with E-state index in [1.165, 1.54) is 11.1 Å². The molecule has 5 nitrogen and oxygen atoms in total. The minimum atomic E-state index is -0.643. The number of pyridine rings is 1. The summed E-state index contributed by atoms with van der Waals surface area (Å²) < 4.78 is 0. The van der Waals surface area contributed by atoms with Crippen molar-refractivity contribution < 1.29 is 10.2 Å². The molecule has 1 atom stereocenters. The van der Waals surface area contributed by atoms with Crippen molar-refractivity contribution in [2.45, 2.75) is 13.0 Å². The normalized spacial score (nSPS) is 17.9. The van der Waals surface area contributed by atoms with Gasteiger partial charge in [-0.3, -0.25) is 9.88 Å². The number of rotatable bonds is 4. The average Bonchev–Trinajstić information content (AvgIpc) is 2.54. The van der Waals surface area contributed by atoms with Crippen LogP contribution in [-0.4, -0.2) is 65.5 Å². The maximum atomic E-state index is 9.56. The lowest BCUT2D eigenvalue weighted by molar-refractivity contribution is 0.0575. The van der Waals surface area contributed by atoms with Crippen LogP contribution in [0.15, 0.2) is 30.3 Å². The molecule has 0 radical (unpaired) electrons. The lowest BCUT2D eigenvalue weighted by Crippen LogP contribution is -2.49. The molecule has 1 aromatic heterocycles. The average molecular weight is 301 g/mol. The van der Waals surface area contributed by atoms with Crippen molar-refractivity contribution >= 4 is 16.6 Å². The monoisotopic (exact) mass is 301 g/mol. The van der Waals surface area contributed by atoms with Gasteiger partial charge in [0.25, 0.3) is 0 Å². The number of hydrogen-bond acceptors (Lipinski definition) is 5. The largest absolute Gasteiger partial charge is 0.394 e. The second-order valence-electron chi connectivity index (χ2n) is 5.92. The highest BCUT2D eigenvalue weighted by Crippen LogP contribution is 2.27. The summed E-state index contributed by atoms with van der Waals surface area (Å²) >= 11 is 0. The molecule has 22 heavy (non-hydrogen) atoms. The van der Waals surface area contributed by atoms with Gasteiger partial charge in [0.05, 0.1) is 18.2 Å². The van der Waals surface area contributed by atoms with Gasteiger partial charge >= 0.3 is 0 Å². The van der Waals surface area contributed by atoms with Gasteiger partial charge in [-0.25, -0.2) is 0 Å². The van der Waals surface area contributed by atoms with E-state index in [1.54, 1.807) is 0 Å². The SMILES string of the molecule is Cc1cc(N2CCN(CC(O)CO)CC2)c2ccccc2n1. The van der Waals surface area contributed by atoms with E-state index in [-0.39, 0.29) is 6.61 Å². The second-order valence-corrected chi connectivity index (χ2v) is 5.92. The predicted octanol–water partition coefficient (Wildman–Crippen LogP) is 1.02. The fourth-order valence-corrected chi connectivity index (χ4v) is 3.07. The minimum Gasteiger partial charge on any atom is -0.394 e. The van der Waals surface area contributed by atoms with E-state index >= 15 is 0 Å². The molecule has 0 bridgehead atoms. The molecule has 1 aliphatic heterocycles. The van der Waals surface area contributed by atoms with Gasteiger partial charge in [0, 0.05) is 49.5 Å². The Hall–Kier alpha value is -1.69. The van der Waals surface area contributed by atoms with Crippen LogP contribution in [0.1, 0.15) is 5.69 Å². The smallest absolute Gasteiger partial charge is 0.0897 e. The molecule has 1 saturated heterocycles. The van der Waals surface area contributed by atoms with Crippen molar-refractivity contribution in [2.75, 3.05) is 44.2 Å². The highest BCUT2D eigenvalue weighted by Gasteiger charge is 2.20. The highest BCUT2D eigenvalue weighted by molar-refractivity contribution is 5.92. The molecule has 2 N–H and O–H groups in total. The Balaban J connectivity index is 1.76. The van der Waals surface area contributed by atoms with Crippen molar-refractivity contribution in [3.63, 3.8) is 0 Å². The molecule has 1 aliphatic rings. The number of anilines is 1. The molecule has 1 unspecified atom stereocenters. The molecular formula is C17H23N3O2.